The topological polar surface area (TPSA) is 58.1 Å². The molecule has 3 aromatic rings. The van der Waals surface area contributed by atoms with Crippen LogP contribution in [0.3, 0.4) is 0 Å². The predicted molar refractivity (Wildman–Crippen MR) is 110 cm³/mol. The molecular weight excluding hydrogens is 336 g/mol. The van der Waals surface area contributed by atoms with Gasteiger partial charge < -0.3 is 10.2 Å². The van der Waals surface area contributed by atoms with Gasteiger partial charge in [-0.25, -0.2) is 9.97 Å². The first kappa shape index (κ1) is 18.6. The Morgan fingerprint density at radius 3 is 2.37 bits per heavy atom. The molecule has 138 valence electrons. The first-order chi connectivity index (χ1) is 13.0. The summed E-state index contributed by atoms with van der Waals surface area (Å²) in [7, 11) is 1.92. The van der Waals surface area contributed by atoms with Crippen LogP contribution in [0, 0.1) is 6.92 Å². The molecule has 5 nitrogen and oxygen atoms in total. The minimum atomic E-state index is -0.240. The van der Waals surface area contributed by atoms with Crippen LogP contribution < -0.4 is 10.2 Å². The molecule has 0 bridgehead atoms. The minimum absolute atomic E-state index is 0.240. The minimum Gasteiger partial charge on any atom is -0.329 e. The summed E-state index contributed by atoms with van der Waals surface area (Å²) < 4.78 is 0. The molecule has 0 saturated heterocycles. The molecule has 0 spiro atoms. The van der Waals surface area contributed by atoms with Crippen LogP contribution in [0.2, 0.25) is 0 Å². The lowest BCUT2D eigenvalue weighted by atomic mass is 10.0. The summed E-state index contributed by atoms with van der Waals surface area (Å²) in [5.74, 6) is 1.30. The van der Waals surface area contributed by atoms with Crippen molar-refractivity contribution >= 4 is 23.1 Å². The van der Waals surface area contributed by atoms with E-state index in [1.54, 1.807) is 13.0 Å². The van der Waals surface area contributed by atoms with Crippen LogP contribution in [-0.2, 0) is 0 Å². The highest BCUT2D eigenvalue weighted by atomic mass is 16.1. The normalized spacial score (nSPS) is 10.7. The third kappa shape index (κ3) is 4.31. The van der Waals surface area contributed by atoms with Gasteiger partial charge in [-0.3, -0.25) is 4.79 Å². The van der Waals surface area contributed by atoms with Crippen LogP contribution in [-0.4, -0.2) is 22.9 Å². The van der Waals surface area contributed by atoms with Crippen molar-refractivity contribution in [2.45, 2.75) is 26.7 Å². The summed E-state index contributed by atoms with van der Waals surface area (Å²) in [5.41, 5.74) is 3.25. The standard InChI is InChI=1S/C22H24N4O/c1-15(2)18-12-8-9-13-19(18)25-22(27)20-14-21(24-16(3)23-20)26(4)17-10-6-5-7-11-17/h5-15H,1-4H3,(H,25,27). The van der Waals surface area contributed by atoms with Crippen LogP contribution in [0.5, 0.6) is 0 Å². The Morgan fingerprint density at radius 2 is 1.67 bits per heavy atom. The highest BCUT2D eigenvalue weighted by molar-refractivity contribution is 6.03. The van der Waals surface area contributed by atoms with Crippen molar-refractivity contribution in [3.8, 4) is 0 Å². The molecule has 0 unspecified atom stereocenters. The maximum absolute atomic E-state index is 12.8. The first-order valence-electron chi connectivity index (χ1n) is 9.00. The largest absolute Gasteiger partial charge is 0.329 e. The van der Waals surface area contributed by atoms with Crippen molar-refractivity contribution in [2.24, 2.45) is 0 Å². The van der Waals surface area contributed by atoms with Gasteiger partial charge >= 0.3 is 0 Å². The Kier molecular flexibility index (Phi) is 5.50. The number of nitrogens with one attached hydrogen (secondary N) is 1. The molecule has 5 heteroatoms. The van der Waals surface area contributed by atoms with E-state index in [4.69, 9.17) is 0 Å². The zero-order valence-electron chi connectivity index (χ0n) is 16.1. The lowest BCUT2D eigenvalue weighted by Crippen LogP contribution is -2.18. The molecule has 3 rings (SSSR count). The molecule has 1 aromatic heterocycles. The number of amides is 1. The van der Waals surface area contributed by atoms with Crippen LogP contribution >= 0.6 is 0 Å². The van der Waals surface area contributed by atoms with Gasteiger partial charge in [-0.2, -0.15) is 0 Å². The Hall–Kier alpha value is -3.21. The molecule has 0 fully saturated rings. The number of rotatable bonds is 5. The second kappa shape index (κ2) is 7.99. The van der Waals surface area contributed by atoms with Crippen molar-refractivity contribution in [3.05, 3.63) is 77.7 Å². The number of hydrogen-bond acceptors (Lipinski definition) is 4. The van der Waals surface area contributed by atoms with Crippen LogP contribution in [0.25, 0.3) is 0 Å². The Labute approximate surface area is 160 Å². The number of carbonyl (C=O) groups excluding carboxylic acids is 1. The molecule has 0 aliphatic carbocycles. The summed E-state index contributed by atoms with van der Waals surface area (Å²) in [5, 5.41) is 2.99. The van der Waals surface area contributed by atoms with E-state index in [0.29, 0.717) is 23.3 Å². The summed E-state index contributed by atoms with van der Waals surface area (Å²) >= 11 is 0. The van der Waals surface area contributed by atoms with Gasteiger partial charge in [-0.1, -0.05) is 50.2 Å². The van der Waals surface area contributed by atoms with E-state index in [-0.39, 0.29) is 5.91 Å². The van der Waals surface area contributed by atoms with Crippen LogP contribution in [0.1, 0.15) is 41.6 Å². The predicted octanol–water partition coefficient (Wildman–Crippen LogP) is 4.93. The summed E-state index contributed by atoms with van der Waals surface area (Å²) in [6.45, 7) is 6.00. The van der Waals surface area contributed by atoms with Gasteiger partial charge in [-0.15, -0.1) is 0 Å². The molecule has 27 heavy (non-hydrogen) atoms. The Balaban J connectivity index is 1.89. The molecule has 1 heterocycles. The fourth-order valence-corrected chi connectivity index (χ4v) is 2.92. The van der Waals surface area contributed by atoms with E-state index in [2.05, 4.69) is 29.1 Å². The number of hydrogen-bond donors (Lipinski definition) is 1. The summed E-state index contributed by atoms with van der Waals surface area (Å²) in [6.07, 6.45) is 0. The van der Waals surface area contributed by atoms with Gasteiger partial charge in [0, 0.05) is 24.5 Å². The lowest BCUT2D eigenvalue weighted by Gasteiger charge is -2.19. The quantitative estimate of drug-likeness (QED) is 0.701. The number of anilines is 3. The number of nitrogens with zero attached hydrogens (tertiary/aromatic N) is 3. The van der Waals surface area contributed by atoms with Crippen LogP contribution in [0.4, 0.5) is 17.2 Å². The van der Waals surface area contributed by atoms with E-state index in [0.717, 1.165) is 16.9 Å². The maximum Gasteiger partial charge on any atom is 0.274 e. The van der Waals surface area contributed by atoms with Crippen LogP contribution in [0.15, 0.2) is 60.7 Å². The molecular formula is C22H24N4O. The Bertz CT molecular complexity index is 938. The van der Waals surface area contributed by atoms with E-state index < -0.39 is 0 Å². The number of aromatic nitrogens is 2. The average Bonchev–Trinajstić information content (AvgIpc) is 2.67. The zero-order valence-corrected chi connectivity index (χ0v) is 16.1. The molecule has 0 aliphatic heterocycles. The van der Waals surface area contributed by atoms with Gasteiger partial charge in [0.2, 0.25) is 0 Å². The maximum atomic E-state index is 12.8. The van der Waals surface area contributed by atoms with Gasteiger partial charge in [0.15, 0.2) is 0 Å². The van der Waals surface area contributed by atoms with E-state index in [1.165, 1.54) is 0 Å². The number of aryl methyl sites for hydroxylation is 1. The van der Waals surface area contributed by atoms with Crippen molar-refractivity contribution in [1.29, 1.82) is 0 Å². The molecule has 0 atom stereocenters. The first-order valence-corrected chi connectivity index (χ1v) is 9.00. The second-order valence-corrected chi connectivity index (χ2v) is 6.75. The fraction of sp³-hybridized carbons (Fsp3) is 0.227. The zero-order chi connectivity index (χ0) is 19.4. The summed E-state index contributed by atoms with van der Waals surface area (Å²) in [4.78, 5) is 23.6. The third-order valence-electron chi connectivity index (χ3n) is 4.38. The van der Waals surface area contributed by atoms with E-state index in [1.807, 2.05) is 66.5 Å². The lowest BCUT2D eigenvalue weighted by molar-refractivity contribution is 0.102. The molecule has 1 amide bonds. The van der Waals surface area contributed by atoms with Crippen molar-refractivity contribution < 1.29 is 4.79 Å². The van der Waals surface area contributed by atoms with E-state index in [9.17, 15) is 4.79 Å². The Morgan fingerprint density at radius 1 is 1.00 bits per heavy atom. The molecule has 2 aromatic carbocycles. The number of carbonyl (C=O) groups is 1. The highest BCUT2D eigenvalue weighted by Crippen LogP contribution is 2.25. The van der Waals surface area contributed by atoms with Gasteiger partial charge in [0.25, 0.3) is 5.91 Å². The number of para-hydroxylation sites is 2. The molecule has 0 saturated carbocycles. The van der Waals surface area contributed by atoms with Gasteiger partial charge in [0.05, 0.1) is 0 Å². The average molecular weight is 360 g/mol. The molecule has 0 aliphatic rings. The second-order valence-electron chi connectivity index (χ2n) is 6.75. The monoisotopic (exact) mass is 360 g/mol. The fourth-order valence-electron chi connectivity index (χ4n) is 2.92. The molecule has 1 N–H and O–H groups in total. The van der Waals surface area contributed by atoms with Crippen molar-refractivity contribution in [3.63, 3.8) is 0 Å². The van der Waals surface area contributed by atoms with Crippen molar-refractivity contribution in [2.75, 3.05) is 17.3 Å². The van der Waals surface area contributed by atoms with E-state index >= 15 is 0 Å². The third-order valence-corrected chi connectivity index (χ3v) is 4.38. The highest BCUT2D eigenvalue weighted by Gasteiger charge is 2.15. The summed E-state index contributed by atoms with van der Waals surface area (Å²) in [6, 6.07) is 19.5. The van der Waals surface area contributed by atoms with Gasteiger partial charge in [0.1, 0.15) is 17.3 Å². The van der Waals surface area contributed by atoms with Gasteiger partial charge in [-0.05, 0) is 36.6 Å². The SMILES string of the molecule is Cc1nc(C(=O)Nc2ccccc2C(C)C)cc(N(C)c2ccccc2)n1. The number of benzene rings is 2. The molecule has 0 radical (unpaired) electrons. The smallest absolute Gasteiger partial charge is 0.274 e. The van der Waals surface area contributed by atoms with Crippen molar-refractivity contribution in [1.82, 2.24) is 9.97 Å².